The molecule has 0 aliphatic heterocycles. The molecule has 1 heterocycles. The summed E-state index contributed by atoms with van der Waals surface area (Å²) in [6.07, 6.45) is 1.55. The van der Waals surface area contributed by atoms with E-state index in [9.17, 15) is 0 Å². The summed E-state index contributed by atoms with van der Waals surface area (Å²) in [5, 5.41) is 0. The van der Waals surface area contributed by atoms with Gasteiger partial charge in [-0.3, -0.25) is 4.98 Å². The summed E-state index contributed by atoms with van der Waals surface area (Å²) < 4.78 is 6.05. The van der Waals surface area contributed by atoms with Gasteiger partial charge in [0.2, 0.25) is 0 Å². The largest absolute Gasteiger partial charge is 0.482 e. The van der Waals surface area contributed by atoms with Gasteiger partial charge >= 0.3 is 0 Å². The van der Waals surface area contributed by atoms with Crippen molar-refractivity contribution in [3.8, 4) is 5.75 Å². The molecule has 0 bridgehead atoms. The van der Waals surface area contributed by atoms with Crippen LogP contribution in [0.5, 0.6) is 5.75 Å². The van der Waals surface area contributed by atoms with E-state index in [4.69, 9.17) is 10.5 Å². The fraction of sp³-hybridized carbons (Fsp3) is 0.312. The first-order valence-electron chi connectivity index (χ1n) is 6.59. The Balaban J connectivity index is 2.24. The molecule has 0 radical (unpaired) electrons. The number of para-hydroxylation sites is 1. The molecule has 2 aromatic rings. The number of nitrogens with zero attached hydrogens (tertiary/aromatic N) is 1. The van der Waals surface area contributed by atoms with Gasteiger partial charge in [-0.05, 0) is 29.7 Å². The van der Waals surface area contributed by atoms with E-state index in [1.54, 1.807) is 6.20 Å². The van der Waals surface area contributed by atoms with Crippen LogP contribution in [0.25, 0.3) is 0 Å². The zero-order valence-electron chi connectivity index (χ0n) is 11.4. The lowest BCUT2D eigenvalue weighted by Crippen LogP contribution is -2.20. The zero-order valence-corrected chi connectivity index (χ0v) is 11.4. The van der Waals surface area contributed by atoms with Gasteiger partial charge in [0.15, 0.2) is 6.10 Å². The number of aromatic nitrogens is 1. The molecule has 0 aliphatic rings. The molecule has 2 rings (SSSR count). The van der Waals surface area contributed by atoms with Crippen LogP contribution in [-0.4, -0.2) is 11.5 Å². The van der Waals surface area contributed by atoms with Crippen LogP contribution in [0.1, 0.15) is 37.1 Å². The summed E-state index contributed by atoms with van der Waals surface area (Å²) in [7, 11) is 0. The highest BCUT2D eigenvalue weighted by Gasteiger charge is 2.15. The van der Waals surface area contributed by atoms with Gasteiger partial charge in [-0.2, -0.15) is 0 Å². The minimum Gasteiger partial charge on any atom is -0.482 e. The smallest absolute Gasteiger partial charge is 0.153 e. The highest BCUT2D eigenvalue weighted by atomic mass is 16.5. The van der Waals surface area contributed by atoms with Gasteiger partial charge in [0.25, 0.3) is 0 Å². The molecule has 0 spiro atoms. The van der Waals surface area contributed by atoms with Crippen LogP contribution < -0.4 is 10.5 Å². The van der Waals surface area contributed by atoms with Crippen LogP contribution >= 0.6 is 0 Å². The zero-order chi connectivity index (χ0) is 13.7. The molecule has 0 aliphatic carbocycles. The van der Waals surface area contributed by atoms with E-state index < -0.39 is 0 Å². The van der Waals surface area contributed by atoms with Crippen molar-refractivity contribution < 1.29 is 4.74 Å². The average Bonchev–Trinajstić information content (AvgIpc) is 2.46. The topological polar surface area (TPSA) is 48.1 Å². The standard InChI is InChI=1S/C16H20N2O/c1-12(2)13-7-3-4-9-15(13)19-16(11-17)14-8-5-6-10-18-14/h3-10,12,16H,11,17H2,1-2H3. The Kier molecular flexibility index (Phi) is 4.53. The van der Waals surface area contributed by atoms with Gasteiger partial charge in [0.05, 0.1) is 5.69 Å². The Bertz CT molecular complexity index is 511. The highest BCUT2D eigenvalue weighted by molar-refractivity contribution is 5.36. The van der Waals surface area contributed by atoms with Gasteiger partial charge in [0.1, 0.15) is 5.75 Å². The predicted molar refractivity (Wildman–Crippen MR) is 77.2 cm³/mol. The lowest BCUT2D eigenvalue weighted by Gasteiger charge is -2.20. The molecule has 1 unspecified atom stereocenters. The summed E-state index contributed by atoms with van der Waals surface area (Å²) in [5.74, 6) is 1.30. The normalized spacial score (nSPS) is 12.4. The third-order valence-electron chi connectivity index (χ3n) is 3.04. The van der Waals surface area contributed by atoms with Gasteiger partial charge in [-0.15, -0.1) is 0 Å². The van der Waals surface area contributed by atoms with E-state index in [1.807, 2.05) is 36.4 Å². The van der Waals surface area contributed by atoms with E-state index in [-0.39, 0.29) is 6.10 Å². The molecule has 1 aromatic heterocycles. The Morgan fingerprint density at radius 3 is 2.47 bits per heavy atom. The van der Waals surface area contributed by atoms with Crippen LogP contribution in [-0.2, 0) is 0 Å². The quantitative estimate of drug-likeness (QED) is 0.893. The van der Waals surface area contributed by atoms with Crippen LogP contribution in [0.15, 0.2) is 48.7 Å². The Labute approximate surface area is 114 Å². The maximum absolute atomic E-state index is 6.05. The van der Waals surface area contributed by atoms with Crippen molar-refractivity contribution >= 4 is 0 Å². The second kappa shape index (κ2) is 6.34. The number of pyridine rings is 1. The molecule has 3 nitrogen and oxygen atoms in total. The van der Waals surface area contributed by atoms with Gasteiger partial charge in [0, 0.05) is 12.7 Å². The van der Waals surface area contributed by atoms with Crippen molar-refractivity contribution in [1.82, 2.24) is 4.98 Å². The fourth-order valence-corrected chi connectivity index (χ4v) is 2.01. The molecule has 1 aromatic carbocycles. The van der Waals surface area contributed by atoms with Crippen molar-refractivity contribution in [2.75, 3.05) is 6.54 Å². The summed E-state index contributed by atoms with van der Waals surface area (Å²) >= 11 is 0. The summed E-state index contributed by atoms with van der Waals surface area (Å²) in [5.41, 5.74) is 7.87. The van der Waals surface area contributed by atoms with Crippen LogP contribution in [0.4, 0.5) is 0 Å². The molecular weight excluding hydrogens is 236 g/mol. The van der Waals surface area contributed by atoms with E-state index in [0.717, 1.165) is 11.4 Å². The third kappa shape index (κ3) is 3.32. The molecule has 0 fully saturated rings. The summed E-state index contributed by atoms with van der Waals surface area (Å²) in [6, 6.07) is 13.9. The maximum Gasteiger partial charge on any atom is 0.153 e. The maximum atomic E-state index is 6.05. The fourth-order valence-electron chi connectivity index (χ4n) is 2.01. The SMILES string of the molecule is CC(C)c1ccccc1OC(CN)c1ccccn1. The first-order valence-corrected chi connectivity index (χ1v) is 6.59. The van der Waals surface area contributed by atoms with Crippen molar-refractivity contribution in [2.24, 2.45) is 5.73 Å². The van der Waals surface area contributed by atoms with Crippen LogP contribution in [0.3, 0.4) is 0 Å². The Hall–Kier alpha value is -1.87. The molecule has 0 saturated heterocycles. The molecule has 3 heteroatoms. The molecule has 0 saturated carbocycles. The van der Waals surface area contributed by atoms with Crippen LogP contribution in [0, 0.1) is 0 Å². The van der Waals surface area contributed by atoms with Crippen molar-refractivity contribution in [3.63, 3.8) is 0 Å². The van der Waals surface area contributed by atoms with Crippen LogP contribution in [0.2, 0.25) is 0 Å². The second-order valence-corrected chi connectivity index (χ2v) is 4.79. The molecular formula is C16H20N2O. The number of ether oxygens (including phenoxy) is 1. The minimum atomic E-state index is -0.207. The number of hydrogen-bond donors (Lipinski definition) is 1. The minimum absolute atomic E-state index is 0.207. The first kappa shape index (κ1) is 13.6. The third-order valence-corrected chi connectivity index (χ3v) is 3.04. The molecule has 100 valence electrons. The average molecular weight is 256 g/mol. The van der Waals surface area contributed by atoms with Crippen molar-refractivity contribution in [2.45, 2.75) is 25.9 Å². The lowest BCUT2D eigenvalue weighted by molar-refractivity contribution is 0.206. The second-order valence-electron chi connectivity index (χ2n) is 4.79. The number of benzene rings is 1. The van der Waals surface area contributed by atoms with Gasteiger partial charge in [-0.1, -0.05) is 38.1 Å². The molecule has 19 heavy (non-hydrogen) atoms. The van der Waals surface area contributed by atoms with E-state index in [2.05, 4.69) is 24.9 Å². The monoisotopic (exact) mass is 256 g/mol. The summed E-state index contributed by atoms with van der Waals surface area (Å²) in [6.45, 7) is 4.71. The molecule has 0 amide bonds. The predicted octanol–water partition coefficient (Wildman–Crippen LogP) is 3.28. The van der Waals surface area contributed by atoms with E-state index >= 15 is 0 Å². The summed E-state index contributed by atoms with van der Waals surface area (Å²) in [4.78, 5) is 4.32. The highest BCUT2D eigenvalue weighted by Crippen LogP contribution is 2.29. The first-order chi connectivity index (χ1) is 9.22. The van der Waals surface area contributed by atoms with Crippen molar-refractivity contribution in [1.29, 1.82) is 0 Å². The van der Waals surface area contributed by atoms with E-state index in [0.29, 0.717) is 12.5 Å². The number of nitrogens with two attached hydrogens (primary N) is 1. The Morgan fingerprint density at radius 1 is 1.11 bits per heavy atom. The number of hydrogen-bond acceptors (Lipinski definition) is 3. The Morgan fingerprint density at radius 2 is 1.84 bits per heavy atom. The number of rotatable bonds is 5. The van der Waals surface area contributed by atoms with Gasteiger partial charge < -0.3 is 10.5 Å². The lowest BCUT2D eigenvalue weighted by atomic mass is 10.0. The van der Waals surface area contributed by atoms with Crippen molar-refractivity contribution in [3.05, 3.63) is 59.9 Å². The molecule has 2 N–H and O–H groups in total. The van der Waals surface area contributed by atoms with Gasteiger partial charge in [-0.25, -0.2) is 0 Å². The molecule has 1 atom stereocenters. The van der Waals surface area contributed by atoms with E-state index in [1.165, 1.54) is 5.56 Å².